The van der Waals surface area contributed by atoms with E-state index in [0.717, 1.165) is 30.8 Å². The molecule has 4 unspecified atom stereocenters. The van der Waals surface area contributed by atoms with Crippen LogP contribution in [0.15, 0.2) is 48.1 Å². The molecule has 0 bridgehead atoms. The lowest BCUT2D eigenvalue weighted by molar-refractivity contribution is 0.162. The monoisotopic (exact) mass is 384 g/mol. The maximum atomic E-state index is 6.58. The van der Waals surface area contributed by atoms with Gasteiger partial charge in [-0.1, -0.05) is 75.8 Å². The van der Waals surface area contributed by atoms with Crippen LogP contribution in [0.2, 0.25) is 18.1 Å². The average Bonchev–Trinajstić information content (AvgIpc) is 3.39. The first-order chi connectivity index (χ1) is 13.1. The van der Waals surface area contributed by atoms with Gasteiger partial charge in [-0.25, -0.2) is 0 Å². The van der Waals surface area contributed by atoms with Gasteiger partial charge in [0, 0.05) is 6.61 Å². The highest BCUT2D eigenvalue weighted by Crippen LogP contribution is 2.55. The molecule has 0 amide bonds. The van der Waals surface area contributed by atoms with E-state index in [4.69, 9.17) is 4.43 Å². The van der Waals surface area contributed by atoms with Crippen LogP contribution in [0.25, 0.3) is 0 Å². The van der Waals surface area contributed by atoms with Crippen molar-refractivity contribution in [2.75, 3.05) is 6.61 Å². The third-order valence-electron chi connectivity index (χ3n) is 8.08. The van der Waals surface area contributed by atoms with Crippen LogP contribution in [-0.4, -0.2) is 14.9 Å². The molecular formula is C25H40OSi. The van der Waals surface area contributed by atoms with Crippen LogP contribution in [0.1, 0.15) is 59.8 Å². The fraction of sp³-hybridized carbons (Fsp3) is 0.680. The molecule has 0 aliphatic heterocycles. The van der Waals surface area contributed by atoms with Gasteiger partial charge in [-0.2, -0.15) is 0 Å². The van der Waals surface area contributed by atoms with Crippen molar-refractivity contribution < 1.29 is 4.43 Å². The molecule has 1 fully saturated rings. The predicted octanol–water partition coefficient (Wildman–Crippen LogP) is 7.45. The summed E-state index contributed by atoms with van der Waals surface area (Å²) in [7, 11) is -1.45. The second-order valence-corrected chi connectivity index (χ2v) is 13.9. The van der Waals surface area contributed by atoms with Crippen molar-refractivity contribution in [1.82, 2.24) is 0 Å². The Kier molecular flexibility index (Phi) is 7.02. The molecular weight excluding hydrogens is 344 g/mol. The van der Waals surface area contributed by atoms with Crippen LogP contribution < -0.4 is 0 Å². The number of rotatable bonds is 10. The minimum atomic E-state index is -1.45. The summed E-state index contributed by atoms with van der Waals surface area (Å²) in [6, 6.07) is 3.78. The Morgan fingerprint density at radius 2 is 1.78 bits per heavy atom. The molecule has 1 nitrogen and oxygen atoms in total. The summed E-state index contributed by atoms with van der Waals surface area (Å²) < 4.78 is 6.58. The van der Waals surface area contributed by atoms with Gasteiger partial charge < -0.3 is 4.43 Å². The lowest BCUT2D eigenvalue weighted by atomic mass is 9.63. The second-order valence-electron chi connectivity index (χ2n) is 9.13. The molecule has 150 valence electrons. The van der Waals surface area contributed by atoms with Gasteiger partial charge in [0.15, 0.2) is 8.32 Å². The van der Waals surface area contributed by atoms with E-state index in [-0.39, 0.29) is 0 Å². The molecule has 0 spiro atoms. The third kappa shape index (κ3) is 4.27. The number of fused-ring (bicyclic) bond motifs is 1. The maximum absolute atomic E-state index is 6.58. The zero-order chi connectivity index (χ0) is 19.3. The summed E-state index contributed by atoms with van der Waals surface area (Å²) in [5.74, 6) is 2.28. The molecule has 1 saturated carbocycles. The molecule has 0 aromatic heterocycles. The summed E-state index contributed by atoms with van der Waals surface area (Å²) in [6.07, 6.45) is 22.9. The Balaban J connectivity index is 1.67. The lowest BCUT2D eigenvalue weighted by Gasteiger charge is -2.41. The lowest BCUT2D eigenvalue weighted by Crippen LogP contribution is -2.37. The largest absolute Gasteiger partial charge is 0.417 e. The summed E-state index contributed by atoms with van der Waals surface area (Å²) in [6.45, 7) is 10.5. The van der Waals surface area contributed by atoms with Crippen LogP contribution in [0.4, 0.5) is 0 Å². The average molecular weight is 385 g/mol. The van der Waals surface area contributed by atoms with Crippen molar-refractivity contribution in [3.8, 4) is 0 Å². The molecule has 4 atom stereocenters. The topological polar surface area (TPSA) is 9.23 Å². The first-order valence-electron chi connectivity index (χ1n) is 11.4. The minimum absolute atomic E-state index is 0.316. The molecule has 3 aliphatic rings. The summed E-state index contributed by atoms with van der Waals surface area (Å²) in [4.78, 5) is 0. The van der Waals surface area contributed by atoms with Crippen molar-refractivity contribution in [3.63, 3.8) is 0 Å². The summed E-state index contributed by atoms with van der Waals surface area (Å²) in [5, 5.41) is 0. The quantitative estimate of drug-likeness (QED) is 0.281. The Labute approximate surface area is 168 Å². The van der Waals surface area contributed by atoms with Gasteiger partial charge in [-0.05, 0) is 73.4 Å². The van der Waals surface area contributed by atoms with Crippen molar-refractivity contribution in [2.45, 2.75) is 77.9 Å². The van der Waals surface area contributed by atoms with Crippen molar-refractivity contribution in [1.29, 1.82) is 0 Å². The van der Waals surface area contributed by atoms with Gasteiger partial charge >= 0.3 is 0 Å². The van der Waals surface area contributed by atoms with Crippen molar-refractivity contribution in [3.05, 3.63) is 48.1 Å². The fourth-order valence-electron chi connectivity index (χ4n) is 5.94. The molecule has 0 saturated heterocycles. The molecule has 0 aromatic rings. The third-order valence-corrected chi connectivity index (χ3v) is 12.8. The van der Waals surface area contributed by atoms with Crippen LogP contribution in [0.3, 0.4) is 0 Å². The number of hydrogen-bond acceptors (Lipinski definition) is 1. The molecule has 3 rings (SSSR count). The van der Waals surface area contributed by atoms with Gasteiger partial charge in [-0.3, -0.25) is 0 Å². The van der Waals surface area contributed by atoms with E-state index in [1.165, 1.54) is 43.8 Å². The van der Waals surface area contributed by atoms with Gasteiger partial charge in [0.05, 0.1) is 0 Å². The highest BCUT2D eigenvalue weighted by Gasteiger charge is 2.46. The van der Waals surface area contributed by atoms with E-state index in [2.05, 4.69) is 70.2 Å². The van der Waals surface area contributed by atoms with Crippen molar-refractivity contribution >= 4 is 8.32 Å². The second kappa shape index (κ2) is 9.09. The highest BCUT2D eigenvalue weighted by atomic mass is 28.4. The maximum Gasteiger partial charge on any atom is 0.191 e. The minimum Gasteiger partial charge on any atom is -0.417 e. The van der Waals surface area contributed by atoms with Gasteiger partial charge in [0.25, 0.3) is 0 Å². The summed E-state index contributed by atoms with van der Waals surface area (Å²) >= 11 is 0. The SMILES string of the molecule is CC[Si](CC)(CC)OCCCC(C)(C1=CC=CC1)C1CCC2C=CC=CC21. The van der Waals surface area contributed by atoms with Gasteiger partial charge in [0.2, 0.25) is 0 Å². The van der Waals surface area contributed by atoms with Gasteiger partial charge in [0.1, 0.15) is 0 Å². The fourth-order valence-corrected chi connectivity index (χ4v) is 8.63. The van der Waals surface area contributed by atoms with E-state index in [1.807, 2.05) is 0 Å². The van der Waals surface area contributed by atoms with Crippen molar-refractivity contribution in [2.24, 2.45) is 23.2 Å². The van der Waals surface area contributed by atoms with Crippen LogP contribution in [0, 0.1) is 23.2 Å². The molecule has 2 heteroatoms. The predicted molar refractivity (Wildman–Crippen MR) is 120 cm³/mol. The Morgan fingerprint density at radius 1 is 1.04 bits per heavy atom. The van der Waals surface area contributed by atoms with Crippen LogP contribution in [-0.2, 0) is 4.43 Å². The first-order valence-corrected chi connectivity index (χ1v) is 14.0. The van der Waals surface area contributed by atoms with Crippen LogP contribution in [0.5, 0.6) is 0 Å². The Morgan fingerprint density at radius 3 is 2.44 bits per heavy atom. The normalized spacial score (nSPS) is 29.0. The number of hydrogen-bond donors (Lipinski definition) is 0. The van der Waals surface area contributed by atoms with E-state index in [1.54, 1.807) is 5.57 Å². The van der Waals surface area contributed by atoms with E-state index >= 15 is 0 Å². The molecule has 27 heavy (non-hydrogen) atoms. The molecule has 0 heterocycles. The zero-order valence-electron chi connectivity index (χ0n) is 18.0. The molecule has 0 N–H and O–H groups in total. The Bertz CT molecular complexity index is 602. The zero-order valence-corrected chi connectivity index (χ0v) is 19.0. The molecule has 3 aliphatic carbocycles. The smallest absolute Gasteiger partial charge is 0.191 e. The van der Waals surface area contributed by atoms with Crippen LogP contribution >= 0.6 is 0 Å². The number of allylic oxidation sites excluding steroid dienone is 8. The van der Waals surface area contributed by atoms with E-state index < -0.39 is 8.32 Å². The van der Waals surface area contributed by atoms with E-state index in [0.29, 0.717) is 5.41 Å². The molecule has 0 aromatic carbocycles. The standard InChI is InChI=1S/C25H40OSi/c1-5-27(6-2,7-3)26-20-12-19-25(4,22-14-9-10-15-22)24-18-17-21-13-8-11-16-23(21)24/h8-11,13-14,16,21,23-24H,5-7,12,15,17-20H2,1-4H3. The Hall–Kier alpha value is -0.863. The van der Waals surface area contributed by atoms with Gasteiger partial charge in [-0.15, -0.1) is 0 Å². The summed E-state index contributed by atoms with van der Waals surface area (Å²) in [5.41, 5.74) is 1.98. The molecule has 0 radical (unpaired) electrons. The first kappa shape index (κ1) is 20.9. The van der Waals surface area contributed by atoms with E-state index in [9.17, 15) is 0 Å². The highest BCUT2D eigenvalue weighted by molar-refractivity contribution is 6.73.